The Bertz CT molecular complexity index is 389. The number of halogens is 1. The van der Waals surface area contributed by atoms with Gasteiger partial charge in [0.25, 0.3) is 5.91 Å². The van der Waals surface area contributed by atoms with Gasteiger partial charge in [-0.05, 0) is 32.0 Å². The molecule has 0 heterocycles. The van der Waals surface area contributed by atoms with Gasteiger partial charge in [0.05, 0.1) is 16.7 Å². The van der Waals surface area contributed by atoms with Gasteiger partial charge in [0.15, 0.2) is 0 Å². The lowest BCUT2D eigenvalue weighted by Gasteiger charge is -2.14. The van der Waals surface area contributed by atoms with Crippen molar-refractivity contribution < 1.29 is 9.53 Å². The van der Waals surface area contributed by atoms with Crippen LogP contribution in [-0.2, 0) is 0 Å². The number of hydrogen-bond donors (Lipinski definition) is 0. The standard InChI is InChI=1S/C12H16ClNO2/c1-8(2)16-9-5-6-10(11(13)7-9)12(15)14(3)4/h5-8H,1-4H3. The molecule has 1 amide bonds. The van der Waals surface area contributed by atoms with E-state index in [1.165, 1.54) is 4.90 Å². The SMILES string of the molecule is CC(C)Oc1ccc(C(=O)N(C)C)c(Cl)c1. The zero-order chi connectivity index (χ0) is 12.3. The van der Waals surface area contributed by atoms with Crippen LogP contribution in [0.2, 0.25) is 5.02 Å². The molecule has 0 aromatic heterocycles. The number of carbonyl (C=O) groups excluding carboxylic acids is 1. The zero-order valence-corrected chi connectivity index (χ0v) is 10.7. The zero-order valence-electron chi connectivity index (χ0n) is 9.95. The summed E-state index contributed by atoms with van der Waals surface area (Å²) < 4.78 is 5.48. The normalized spacial score (nSPS) is 10.4. The van der Waals surface area contributed by atoms with Crippen LogP contribution in [0, 0.1) is 0 Å². The molecule has 4 heteroatoms. The van der Waals surface area contributed by atoms with Gasteiger partial charge in [-0.1, -0.05) is 11.6 Å². The topological polar surface area (TPSA) is 29.5 Å². The van der Waals surface area contributed by atoms with Gasteiger partial charge in [-0.25, -0.2) is 0 Å². The maximum Gasteiger partial charge on any atom is 0.254 e. The second-order valence-corrected chi connectivity index (χ2v) is 4.42. The summed E-state index contributed by atoms with van der Waals surface area (Å²) in [6.45, 7) is 3.87. The molecule has 0 saturated heterocycles. The van der Waals surface area contributed by atoms with Gasteiger partial charge in [-0.3, -0.25) is 4.79 Å². The van der Waals surface area contributed by atoms with E-state index in [1.54, 1.807) is 32.3 Å². The van der Waals surface area contributed by atoms with Crippen LogP contribution in [-0.4, -0.2) is 31.0 Å². The predicted octanol–water partition coefficient (Wildman–Crippen LogP) is 2.83. The molecule has 0 N–H and O–H groups in total. The lowest BCUT2D eigenvalue weighted by atomic mass is 10.2. The van der Waals surface area contributed by atoms with Crippen molar-refractivity contribution in [3.63, 3.8) is 0 Å². The summed E-state index contributed by atoms with van der Waals surface area (Å²) in [5, 5.41) is 0.414. The van der Waals surface area contributed by atoms with Gasteiger partial charge in [-0.2, -0.15) is 0 Å². The molecule has 0 radical (unpaired) electrons. The van der Waals surface area contributed by atoms with Crippen molar-refractivity contribution >= 4 is 17.5 Å². The fourth-order valence-electron chi connectivity index (χ4n) is 1.26. The van der Waals surface area contributed by atoms with Crippen molar-refractivity contribution in [3.05, 3.63) is 28.8 Å². The Morgan fingerprint density at radius 2 is 2.00 bits per heavy atom. The number of benzene rings is 1. The van der Waals surface area contributed by atoms with E-state index in [0.29, 0.717) is 16.3 Å². The van der Waals surface area contributed by atoms with Crippen molar-refractivity contribution in [3.8, 4) is 5.75 Å². The van der Waals surface area contributed by atoms with Gasteiger partial charge in [0.1, 0.15) is 5.75 Å². The Balaban J connectivity index is 2.96. The van der Waals surface area contributed by atoms with Gasteiger partial charge in [-0.15, -0.1) is 0 Å². The molecule has 0 aliphatic rings. The first-order valence-electron chi connectivity index (χ1n) is 5.09. The highest BCUT2D eigenvalue weighted by Crippen LogP contribution is 2.24. The van der Waals surface area contributed by atoms with E-state index in [0.717, 1.165) is 0 Å². The van der Waals surface area contributed by atoms with E-state index >= 15 is 0 Å². The Morgan fingerprint density at radius 1 is 1.38 bits per heavy atom. The molecular formula is C12H16ClNO2. The number of ether oxygens (including phenoxy) is 1. The summed E-state index contributed by atoms with van der Waals surface area (Å²) in [7, 11) is 3.38. The van der Waals surface area contributed by atoms with Crippen LogP contribution in [0.1, 0.15) is 24.2 Å². The first kappa shape index (κ1) is 12.8. The van der Waals surface area contributed by atoms with E-state index in [2.05, 4.69) is 0 Å². The van der Waals surface area contributed by atoms with E-state index in [4.69, 9.17) is 16.3 Å². The quantitative estimate of drug-likeness (QED) is 0.815. The molecule has 0 bridgehead atoms. The van der Waals surface area contributed by atoms with Crippen LogP contribution in [0.5, 0.6) is 5.75 Å². The molecule has 1 aromatic carbocycles. The minimum Gasteiger partial charge on any atom is -0.491 e. The highest BCUT2D eigenvalue weighted by molar-refractivity contribution is 6.34. The largest absolute Gasteiger partial charge is 0.491 e. The third-order valence-electron chi connectivity index (χ3n) is 1.95. The number of amides is 1. The molecule has 0 aliphatic carbocycles. The number of hydrogen-bond acceptors (Lipinski definition) is 2. The highest BCUT2D eigenvalue weighted by atomic mass is 35.5. The third kappa shape index (κ3) is 3.14. The van der Waals surface area contributed by atoms with Gasteiger partial charge < -0.3 is 9.64 Å². The Hall–Kier alpha value is -1.22. The lowest BCUT2D eigenvalue weighted by Crippen LogP contribution is -2.22. The molecule has 16 heavy (non-hydrogen) atoms. The minimum absolute atomic E-state index is 0.0893. The van der Waals surface area contributed by atoms with Crippen LogP contribution in [0.15, 0.2) is 18.2 Å². The van der Waals surface area contributed by atoms with Crippen LogP contribution >= 0.6 is 11.6 Å². The first-order valence-corrected chi connectivity index (χ1v) is 5.47. The molecule has 0 unspecified atom stereocenters. The summed E-state index contributed by atoms with van der Waals surface area (Å²) in [5.41, 5.74) is 0.489. The summed E-state index contributed by atoms with van der Waals surface area (Å²) in [6, 6.07) is 5.10. The van der Waals surface area contributed by atoms with Crippen molar-refractivity contribution in [2.45, 2.75) is 20.0 Å². The minimum atomic E-state index is -0.110. The second-order valence-electron chi connectivity index (χ2n) is 4.01. The maximum atomic E-state index is 11.7. The predicted molar refractivity (Wildman–Crippen MR) is 65.2 cm³/mol. The van der Waals surface area contributed by atoms with Crippen molar-refractivity contribution in [2.75, 3.05) is 14.1 Å². The fourth-order valence-corrected chi connectivity index (χ4v) is 1.51. The summed E-state index contributed by atoms with van der Waals surface area (Å²) >= 11 is 6.02. The Kier molecular flexibility index (Phi) is 4.19. The molecule has 0 atom stereocenters. The maximum absolute atomic E-state index is 11.7. The highest BCUT2D eigenvalue weighted by Gasteiger charge is 2.13. The number of nitrogens with zero attached hydrogens (tertiary/aromatic N) is 1. The second kappa shape index (κ2) is 5.21. The Labute approximate surface area is 101 Å². The lowest BCUT2D eigenvalue weighted by molar-refractivity contribution is 0.0828. The van der Waals surface area contributed by atoms with Crippen molar-refractivity contribution in [1.82, 2.24) is 4.90 Å². The molecule has 0 aliphatic heterocycles. The summed E-state index contributed by atoms with van der Waals surface area (Å²) in [6.07, 6.45) is 0.0893. The van der Waals surface area contributed by atoms with Crippen molar-refractivity contribution in [2.24, 2.45) is 0 Å². The monoisotopic (exact) mass is 241 g/mol. The van der Waals surface area contributed by atoms with E-state index in [1.807, 2.05) is 13.8 Å². The fraction of sp³-hybridized carbons (Fsp3) is 0.417. The molecule has 3 nitrogen and oxygen atoms in total. The molecule has 88 valence electrons. The average Bonchev–Trinajstić information content (AvgIpc) is 2.15. The van der Waals surface area contributed by atoms with Gasteiger partial charge in [0.2, 0.25) is 0 Å². The Morgan fingerprint density at radius 3 is 2.44 bits per heavy atom. The molecule has 1 rings (SSSR count). The smallest absolute Gasteiger partial charge is 0.254 e. The molecule has 1 aromatic rings. The average molecular weight is 242 g/mol. The number of carbonyl (C=O) groups is 1. The van der Waals surface area contributed by atoms with Gasteiger partial charge in [0, 0.05) is 14.1 Å². The van der Waals surface area contributed by atoms with Crippen LogP contribution in [0.25, 0.3) is 0 Å². The van der Waals surface area contributed by atoms with E-state index in [9.17, 15) is 4.79 Å². The van der Waals surface area contributed by atoms with Crippen LogP contribution < -0.4 is 4.74 Å². The summed E-state index contributed by atoms with van der Waals surface area (Å²) in [4.78, 5) is 13.2. The van der Waals surface area contributed by atoms with Crippen molar-refractivity contribution in [1.29, 1.82) is 0 Å². The van der Waals surface area contributed by atoms with Crippen LogP contribution in [0.4, 0.5) is 0 Å². The molecule has 0 saturated carbocycles. The van der Waals surface area contributed by atoms with Gasteiger partial charge >= 0.3 is 0 Å². The van der Waals surface area contributed by atoms with Crippen LogP contribution in [0.3, 0.4) is 0 Å². The molecular weight excluding hydrogens is 226 g/mol. The third-order valence-corrected chi connectivity index (χ3v) is 2.26. The molecule has 0 spiro atoms. The van der Waals surface area contributed by atoms with E-state index < -0.39 is 0 Å². The summed E-state index contributed by atoms with van der Waals surface area (Å²) in [5.74, 6) is 0.566. The molecule has 0 fully saturated rings. The number of rotatable bonds is 3. The van der Waals surface area contributed by atoms with E-state index in [-0.39, 0.29) is 12.0 Å². The first-order chi connectivity index (χ1) is 7.41.